The quantitative estimate of drug-likeness (QED) is 0.129. The van der Waals surface area contributed by atoms with Crippen LogP contribution in [-0.2, 0) is 0 Å². The van der Waals surface area contributed by atoms with Crippen molar-refractivity contribution in [2.24, 2.45) is 0 Å². The number of aromatic nitrogens is 6. The lowest BCUT2D eigenvalue weighted by Gasteiger charge is -2.20. The standard InChI is InChI=1S/C81H49F2N7/c82-61-41-59(42-62(83)48-61)67-49-81(90-78-45-57(74-31-15-27-70(87-74)53-21-9-3-10-22-53)35-39-65(78)66-40-36-58(46-79(66)90)75-32-16-28-71(88-75)54-23-11-4-12-24-54)80(47-60(67)50-84)89-76-43-55(72-29-13-25-68(85-72)51-17-5-1-6-18-51)33-37-63(76)64-38-34-56(44-77(64)89)73-30-14-26-69(86-73)52-19-7-2-8-20-52/h1-49H. The molecule has 16 rings (SSSR count). The number of benzene rings is 10. The maximum atomic E-state index is 15.7. The number of fused-ring (bicyclic) bond motifs is 6. The van der Waals surface area contributed by atoms with Crippen molar-refractivity contribution in [2.45, 2.75) is 0 Å². The highest BCUT2D eigenvalue weighted by Crippen LogP contribution is 2.45. The molecule has 422 valence electrons. The molecule has 0 aliphatic heterocycles. The molecule has 90 heavy (non-hydrogen) atoms. The van der Waals surface area contributed by atoms with E-state index in [1.165, 1.54) is 12.1 Å². The lowest BCUT2D eigenvalue weighted by molar-refractivity contribution is 0.584. The average Bonchev–Trinajstić information content (AvgIpc) is 1.56. The van der Waals surface area contributed by atoms with Crippen molar-refractivity contribution in [3.8, 4) is 119 Å². The molecule has 0 unspecified atom stereocenters. The first-order chi connectivity index (χ1) is 44.3. The van der Waals surface area contributed by atoms with Crippen LogP contribution in [0.5, 0.6) is 0 Å². The molecule has 0 saturated heterocycles. The van der Waals surface area contributed by atoms with Crippen LogP contribution in [0.25, 0.3) is 156 Å². The molecular weight excluding hydrogens is 1110 g/mol. The summed E-state index contributed by atoms with van der Waals surface area (Å²) in [4.78, 5) is 21.0. The molecule has 16 aromatic rings. The van der Waals surface area contributed by atoms with Gasteiger partial charge in [0, 0.05) is 77.7 Å². The Bertz CT molecular complexity index is 5220. The van der Waals surface area contributed by atoms with Crippen LogP contribution in [0.4, 0.5) is 8.78 Å². The number of hydrogen-bond acceptors (Lipinski definition) is 5. The molecule has 0 N–H and O–H groups in total. The Kier molecular flexibility index (Phi) is 13.2. The van der Waals surface area contributed by atoms with E-state index in [2.05, 4.69) is 137 Å². The predicted octanol–water partition coefficient (Wildman–Crippen LogP) is 20.6. The second kappa shape index (κ2) is 22.2. The third-order valence-corrected chi connectivity index (χ3v) is 16.9. The van der Waals surface area contributed by atoms with Gasteiger partial charge in [0.15, 0.2) is 0 Å². The van der Waals surface area contributed by atoms with Crippen LogP contribution >= 0.6 is 0 Å². The van der Waals surface area contributed by atoms with E-state index < -0.39 is 11.6 Å². The Balaban J connectivity index is 1.02. The van der Waals surface area contributed by atoms with Gasteiger partial charge in [-0.25, -0.2) is 28.7 Å². The summed E-state index contributed by atoms with van der Waals surface area (Å²) in [6.45, 7) is 0. The van der Waals surface area contributed by atoms with Crippen LogP contribution < -0.4 is 0 Å². The lowest BCUT2D eigenvalue weighted by atomic mass is 9.97. The minimum atomic E-state index is -0.765. The van der Waals surface area contributed by atoms with Crippen LogP contribution in [0, 0.1) is 23.0 Å². The molecule has 0 aliphatic rings. The first kappa shape index (κ1) is 53.2. The molecule has 0 amide bonds. The van der Waals surface area contributed by atoms with E-state index in [9.17, 15) is 5.26 Å². The SMILES string of the molecule is N#Cc1cc(-n2c3cc(-c4cccc(-c5ccccc5)n4)ccc3c3ccc(-c4cccc(-c5ccccc5)n4)cc32)c(-n2c3cc(-c4cccc(-c5ccccc5)n4)ccc3c3ccc(-c4cccc(-c5ccccc5)n4)cc32)cc1-c1cc(F)cc(F)c1. The predicted molar refractivity (Wildman–Crippen MR) is 360 cm³/mol. The Morgan fingerprint density at radius 3 is 0.822 bits per heavy atom. The summed E-state index contributed by atoms with van der Waals surface area (Å²) >= 11 is 0. The highest BCUT2D eigenvalue weighted by molar-refractivity contribution is 6.14. The maximum absolute atomic E-state index is 15.7. The lowest BCUT2D eigenvalue weighted by Crippen LogP contribution is -2.06. The van der Waals surface area contributed by atoms with Gasteiger partial charge in [-0.2, -0.15) is 5.26 Å². The topological polar surface area (TPSA) is 85.2 Å². The van der Waals surface area contributed by atoms with E-state index in [1.54, 1.807) is 0 Å². The summed E-state index contributed by atoms with van der Waals surface area (Å²) in [6.07, 6.45) is 0. The summed E-state index contributed by atoms with van der Waals surface area (Å²) in [5, 5.41) is 15.3. The third-order valence-electron chi connectivity index (χ3n) is 16.9. The van der Waals surface area contributed by atoms with Gasteiger partial charge in [-0.15, -0.1) is 0 Å². The molecule has 0 spiro atoms. The van der Waals surface area contributed by atoms with Gasteiger partial charge in [0.25, 0.3) is 0 Å². The summed E-state index contributed by atoms with van der Waals surface area (Å²) in [7, 11) is 0. The molecule has 0 saturated carbocycles. The number of pyridine rings is 4. The molecule has 0 aliphatic carbocycles. The number of nitriles is 1. The van der Waals surface area contributed by atoms with E-state index in [1.807, 2.05) is 158 Å². The van der Waals surface area contributed by atoms with Gasteiger partial charge in [0.2, 0.25) is 0 Å². The minimum absolute atomic E-state index is 0.210. The minimum Gasteiger partial charge on any atom is -0.307 e. The second-order valence-electron chi connectivity index (χ2n) is 22.4. The Hall–Kier alpha value is -12.3. The van der Waals surface area contributed by atoms with Crippen molar-refractivity contribution in [3.63, 3.8) is 0 Å². The van der Waals surface area contributed by atoms with Gasteiger partial charge in [0.05, 0.1) is 90.6 Å². The number of hydrogen-bond donors (Lipinski definition) is 0. The number of rotatable bonds is 11. The van der Waals surface area contributed by atoms with E-state index in [0.717, 1.165) is 140 Å². The number of nitrogens with zero attached hydrogens (tertiary/aromatic N) is 7. The number of halogens is 2. The first-order valence-corrected chi connectivity index (χ1v) is 29.7. The zero-order valence-electron chi connectivity index (χ0n) is 48.2. The molecule has 6 aromatic heterocycles. The normalized spacial score (nSPS) is 11.4. The Morgan fingerprint density at radius 1 is 0.256 bits per heavy atom. The van der Waals surface area contributed by atoms with E-state index in [0.29, 0.717) is 16.9 Å². The van der Waals surface area contributed by atoms with E-state index >= 15 is 8.78 Å². The highest BCUT2D eigenvalue weighted by atomic mass is 19.1. The second-order valence-corrected chi connectivity index (χ2v) is 22.4. The van der Waals surface area contributed by atoms with Crippen molar-refractivity contribution in [2.75, 3.05) is 0 Å². The van der Waals surface area contributed by atoms with E-state index in [-0.39, 0.29) is 11.1 Å². The zero-order chi connectivity index (χ0) is 60.2. The fourth-order valence-electron chi connectivity index (χ4n) is 12.6. The Morgan fingerprint density at radius 2 is 0.533 bits per heavy atom. The van der Waals surface area contributed by atoms with Crippen molar-refractivity contribution < 1.29 is 8.78 Å². The van der Waals surface area contributed by atoms with Crippen LogP contribution in [0.15, 0.2) is 297 Å². The van der Waals surface area contributed by atoms with Crippen LogP contribution in [0.3, 0.4) is 0 Å². The molecule has 0 bridgehead atoms. The smallest absolute Gasteiger partial charge is 0.126 e. The largest absolute Gasteiger partial charge is 0.307 e. The molecule has 6 heterocycles. The van der Waals surface area contributed by atoms with Crippen LogP contribution in [-0.4, -0.2) is 29.1 Å². The van der Waals surface area contributed by atoms with Gasteiger partial charge in [0.1, 0.15) is 11.6 Å². The summed E-state index contributed by atoms with van der Waals surface area (Å²) in [6, 6.07) is 100. The average molecular weight is 1160 g/mol. The van der Waals surface area contributed by atoms with Crippen molar-refractivity contribution >= 4 is 43.6 Å². The van der Waals surface area contributed by atoms with E-state index in [4.69, 9.17) is 19.9 Å². The summed E-state index contributed by atoms with van der Waals surface area (Å²) in [5.41, 5.74) is 19.2. The van der Waals surface area contributed by atoms with Gasteiger partial charge >= 0.3 is 0 Å². The van der Waals surface area contributed by atoms with Gasteiger partial charge < -0.3 is 9.13 Å². The summed E-state index contributed by atoms with van der Waals surface area (Å²) in [5.74, 6) is -1.53. The molecule has 9 heteroatoms. The van der Waals surface area contributed by atoms with Crippen molar-refractivity contribution in [1.82, 2.24) is 29.1 Å². The molecular formula is C81H49F2N7. The first-order valence-electron chi connectivity index (χ1n) is 29.7. The molecule has 0 radical (unpaired) electrons. The van der Waals surface area contributed by atoms with Crippen molar-refractivity contribution in [1.29, 1.82) is 5.26 Å². The molecule has 7 nitrogen and oxygen atoms in total. The fraction of sp³-hybridized carbons (Fsp3) is 0. The van der Waals surface area contributed by atoms with Gasteiger partial charge in [-0.1, -0.05) is 194 Å². The molecule has 0 atom stereocenters. The van der Waals surface area contributed by atoms with Crippen molar-refractivity contribution in [3.05, 3.63) is 314 Å². The van der Waals surface area contributed by atoms with Gasteiger partial charge in [-0.05, 0) is 103 Å². The highest BCUT2D eigenvalue weighted by Gasteiger charge is 2.25. The molecule has 10 aromatic carbocycles. The Labute approximate surface area is 517 Å². The van der Waals surface area contributed by atoms with Crippen LogP contribution in [0.1, 0.15) is 5.56 Å². The van der Waals surface area contributed by atoms with Crippen LogP contribution in [0.2, 0.25) is 0 Å². The maximum Gasteiger partial charge on any atom is 0.126 e. The zero-order valence-corrected chi connectivity index (χ0v) is 48.2. The third kappa shape index (κ3) is 9.62. The fourth-order valence-corrected chi connectivity index (χ4v) is 12.6. The summed E-state index contributed by atoms with van der Waals surface area (Å²) < 4.78 is 35.9. The molecule has 0 fully saturated rings. The van der Waals surface area contributed by atoms with Gasteiger partial charge in [-0.3, -0.25) is 0 Å². The monoisotopic (exact) mass is 1160 g/mol.